The second kappa shape index (κ2) is 10.3. The number of hydrogen-bond acceptors (Lipinski definition) is 6. The molecule has 2 aromatic carbocycles. The van der Waals surface area contributed by atoms with Crippen molar-refractivity contribution >= 4 is 21.6 Å². The van der Waals surface area contributed by atoms with Crippen LogP contribution in [0.25, 0.3) is 0 Å². The van der Waals surface area contributed by atoms with Gasteiger partial charge in [0.2, 0.25) is 15.9 Å². The molecule has 2 aliphatic heterocycles. The van der Waals surface area contributed by atoms with E-state index in [9.17, 15) is 18.3 Å². The first-order valence-corrected chi connectivity index (χ1v) is 12.6. The standard InChI is InChI=1S/C24H30N2O6S/c1-17-6-5-9-21(12-17)33(29,30)26-14-19(27)15-31-16-23-22(26)11-10-20(32-23)13-24(28)25-18-7-3-2-4-8-18/h2-9,12,19-20,22-23,27H,10-11,13-16H2,1H3,(H,25,28)/t19-,20+,22+,23-/m0/s1. The predicted octanol–water partition coefficient (Wildman–Crippen LogP) is 2.32. The second-order valence-electron chi connectivity index (χ2n) is 8.64. The zero-order chi connectivity index (χ0) is 23.4. The molecule has 2 aliphatic rings. The number of ether oxygens (including phenoxy) is 2. The van der Waals surface area contributed by atoms with Gasteiger partial charge in [0.1, 0.15) is 0 Å². The summed E-state index contributed by atoms with van der Waals surface area (Å²) in [6.45, 7) is 1.94. The van der Waals surface area contributed by atoms with Crippen molar-refractivity contribution < 1.29 is 27.8 Å². The monoisotopic (exact) mass is 474 g/mol. The number of anilines is 1. The van der Waals surface area contributed by atoms with E-state index in [1.54, 1.807) is 18.2 Å². The number of benzene rings is 2. The van der Waals surface area contributed by atoms with E-state index in [0.717, 1.165) is 11.3 Å². The van der Waals surface area contributed by atoms with Crippen molar-refractivity contribution in [3.8, 4) is 0 Å². The Kier molecular flexibility index (Phi) is 7.45. The first-order chi connectivity index (χ1) is 15.8. The summed E-state index contributed by atoms with van der Waals surface area (Å²) in [4.78, 5) is 12.7. The molecular weight excluding hydrogens is 444 g/mol. The Morgan fingerprint density at radius 2 is 1.91 bits per heavy atom. The summed E-state index contributed by atoms with van der Waals surface area (Å²) in [5.74, 6) is -0.156. The van der Waals surface area contributed by atoms with E-state index in [1.807, 2.05) is 43.3 Å². The zero-order valence-corrected chi connectivity index (χ0v) is 19.4. The molecule has 2 aromatic rings. The second-order valence-corrected chi connectivity index (χ2v) is 10.5. The lowest BCUT2D eigenvalue weighted by molar-refractivity contribution is -0.144. The number of aliphatic hydroxyl groups excluding tert-OH is 1. The highest BCUT2D eigenvalue weighted by Crippen LogP contribution is 2.31. The molecular formula is C24H30N2O6S. The number of rotatable bonds is 5. The summed E-state index contributed by atoms with van der Waals surface area (Å²) in [6, 6.07) is 15.5. The molecule has 1 amide bonds. The molecule has 4 atom stereocenters. The van der Waals surface area contributed by atoms with Gasteiger partial charge in [0, 0.05) is 12.2 Å². The van der Waals surface area contributed by atoms with Crippen LogP contribution in [0.15, 0.2) is 59.5 Å². The highest BCUT2D eigenvalue weighted by atomic mass is 32.2. The third kappa shape index (κ3) is 5.80. The normalized spacial score (nSPS) is 26.6. The number of sulfonamides is 1. The number of carbonyl (C=O) groups excluding carboxylic acids is 1. The van der Waals surface area contributed by atoms with Gasteiger partial charge in [-0.15, -0.1) is 0 Å². The maximum atomic E-state index is 13.5. The van der Waals surface area contributed by atoms with Gasteiger partial charge in [-0.3, -0.25) is 4.79 Å². The summed E-state index contributed by atoms with van der Waals surface area (Å²) in [6.07, 6.45) is -0.591. The molecule has 0 radical (unpaired) electrons. The van der Waals surface area contributed by atoms with Gasteiger partial charge in [-0.05, 0) is 49.6 Å². The molecule has 0 bridgehead atoms. The summed E-state index contributed by atoms with van der Waals surface area (Å²) in [7, 11) is -3.85. The van der Waals surface area contributed by atoms with Crippen molar-refractivity contribution in [1.82, 2.24) is 4.31 Å². The van der Waals surface area contributed by atoms with Gasteiger partial charge in [0.25, 0.3) is 0 Å². The van der Waals surface area contributed by atoms with Crippen molar-refractivity contribution in [1.29, 1.82) is 0 Å². The molecule has 2 saturated heterocycles. The number of hydrogen-bond donors (Lipinski definition) is 2. The summed E-state index contributed by atoms with van der Waals surface area (Å²) < 4.78 is 40.2. The highest BCUT2D eigenvalue weighted by Gasteiger charge is 2.43. The zero-order valence-electron chi connectivity index (χ0n) is 18.6. The molecule has 33 heavy (non-hydrogen) atoms. The Balaban J connectivity index is 1.49. The fraction of sp³-hybridized carbons (Fsp3) is 0.458. The highest BCUT2D eigenvalue weighted by molar-refractivity contribution is 7.89. The van der Waals surface area contributed by atoms with E-state index >= 15 is 0 Å². The molecule has 8 nitrogen and oxygen atoms in total. The minimum atomic E-state index is -3.85. The molecule has 0 spiro atoms. The minimum absolute atomic E-state index is 0.0194. The van der Waals surface area contributed by atoms with E-state index in [-0.39, 0.29) is 43.1 Å². The van der Waals surface area contributed by atoms with Crippen LogP contribution in [0, 0.1) is 6.92 Å². The van der Waals surface area contributed by atoms with Crippen molar-refractivity contribution in [2.45, 2.75) is 55.4 Å². The Labute approximate surface area is 194 Å². The van der Waals surface area contributed by atoms with E-state index in [0.29, 0.717) is 12.8 Å². The van der Waals surface area contributed by atoms with Crippen molar-refractivity contribution in [3.05, 3.63) is 60.2 Å². The molecule has 178 valence electrons. The molecule has 9 heteroatoms. The van der Waals surface area contributed by atoms with E-state index in [1.165, 1.54) is 4.31 Å². The fourth-order valence-electron chi connectivity index (χ4n) is 4.42. The Bertz CT molecular complexity index is 1060. The number of aryl methyl sites for hydroxylation is 1. The lowest BCUT2D eigenvalue weighted by Gasteiger charge is -2.43. The van der Waals surface area contributed by atoms with Crippen LogP contribution in [0.2, 0.25) is 0 Å². The Morgan fingerprint density at radius 3 is 2.67 bits per heavy atom. The van der Waals surface area contributed by atoms with E-state index in [4.69, 9.17) is 9.47 Å². The van der Waals surface area contributed by atoms with Gasteiger partial charge in [0.15, 0.2) is 0 Å². The lowest BCUT2D eigenvalue weighted by Crippen LogP contribution is -2.57. The summed E-state index contributed by atoms with van der Waals surface area (Å²) >= 11 is 0. The maximum absolute atomic E-state index is 13.5. The first-order valence-electron chi connectivity index (χ1n) is 11.2. The molecule has 2 N–H and O–H groups in total. The SMILES string of the molecule is Cc1cccc(S(=O)(=O)N2C[C@H](O)COC[C@@H]3O[C@@H](CC(=O)Nc4ccccc4)CC[C@H]32)c1. The number of aliphatic hydroxyl groups is 1. The molecule has 4 rings (SSSR count). The van der Waals surface area contributed by atoms with Crippen LogP contribution in [-0.2, 0) is 24.3 Å². The lowest BCUT2D eigenvalue weighted by atomic mass is 9.96. The molecule has 0 aromatic heterocycles. The molecule has 0 saturated carbocycles. The number of nitrogens with one attached hydrogen (secondary N) is 1. The van der Waals surface area contributed by atoms with Crippen LogP contribution in [-0.4, -0.2) is 67.8 Å². The van der Waals surface area contributed by atoms with Crippen LogP contribution >= 0.6 is 0 Å². The molecule has 2 fully saturated rings. The Morgan fingerprint density at radius 1 is 1.12 bits per heavy atom. The van der Waals surface area contributed by atoms with E-state index in [2.05, 4.69) is 5.32 Å². The number of β-amino-alcohol motifs (C(OH)–C–C–N with tert-alkyl or cyclic N) is 1. The number of nitrogens with zero attached hydrogens (tertiary/aromatic N) is 1. The number of para-hydroxylation sites is 1. The first kappa shape index (κ1) is 23.8. The van der Waals surface area contributed by atoms with Crippen LogP contribution in [0.3, 0.4) is 0 Å². The number of carbonyl (C=O) groups is 1. The van der Waals surface area contributed by atoms with Crippen LogP contribution < -0.4 is 5.32 Å². The van der Waals surface area contributed by atoms with Gasteiger partial charge in [-0.2, -0.15) is 4.31 Å². The van der Waals surface area contributed by atoms with Crippen LogP contribution in [0.5, 0.6) is 0 Å². The van der Waals surface area contributed by atoms with Crippen LogP contribution in [0.1, 0.15) is 24.8 Å². The Hall–Kier alpha value is -2.30. The number of amides is 1. The molecule has 2 heterocycles. The van der Waals surface area contributed by atoms with Crippen LogP contribution in [0.4, 0.5) is 5.69 Å². The van der Waals surface area contributed by atoms with E-state index < -0.39 is 28.3 Å². The third-order valence-electron chi connectivity index (χ3n) is 6.00. The fourth-order valence-corrected chi connectivity index (χ4v) is 6.24. The van der Waals surface area contributed by atoms with Gasteiger partial charge < -0.3 is 19.9 Å². The van der Waals surface area contributed by atoms with Crippen molar-refractivity contribution in [3.63, 3.8) is 0 Å². The number of fused-ring (bicyclic) bond motifs is 1. The minimum Gasteiger partial charge on any atom is -0.389 e. The molecule has 0 unspecified atom stereocenters. The van der Waals surface area contributed by atoms with Gasteiger partial charge in [-0.25, -0.2) is 8.42 Å². The average Bonchev–Trinajstić information content (AvgIpc) is 2.77. The summed E-state index contributed by atoms with van der Waals surface area (Å²) in [5, 5.41) is 13.2. The smallest absolute Gasteiger partial charge is 0.243 e. The van der Waals surface area contributed by atoms with Gasteiger partial charge >= 0.3 is 0 Å². The van der Waals surface area contributed by atoms with Crippen molar-refractivity contribution in [2.75, 3.05) is 25.1 Å². The van der Waals surface area contributed by atoms with Gasteiger partial charge in [-0.1, -0.05) is 30.3 Å². The van der Waals surface area contributed by atoms with Gasteiger partial charge in [0.05, 0.1) is 48.9 Å². The maximum Gasteiger partial charge on any atom is 0.243 e. The topological polar surface area (TPSA) is 105 Å². The quantitative estimate of drug-likeness (QED) is 0.689. The predicted molar refractivity (Wildman–Crippen MR) is 123 cm³/mol. The molecule has 0 aliphatic carbocycles. The third-order valence-corrected chi connectivity index (χ3v) is 7.89. The summed E-state index contributed by atoms with van der Waals surface area (Å²) in [5.41, 5.74) is 1.56. The average molecular weight is 475 g/mol. The largest absolute Gasteiger partial charge is 0.389 e. The van der Waals surface area contributed by atoms with Crippen molar-refractivity contribution in [2.24, 2.45) is 0 Å².